The maximum absolute atomic E-state index is 15.4. The van der Waals surface area contributed by atoms with Crippen LogP contribution in [-0.2, 0) is 16.6 Å². The maximum Gasteiger partial charge on any atom is 0.269 e. The first-order valence-corrected chi connectivity index (χ1v) is 13.7. The van der Waals surface area contributed by atoms with Crippen molar-refractivity contribution in [1.29, 1.82) is 0 Å². The summed E-state index contributed by atoms with van der Waals surface area (Å²) in [6.07, 6.45) is 6.80. The molecule has 0 radical (unpaired) electrons. The topological polar surface area (TPSA) is 107 Å². The van der Waals surface area contributed by atoms with E-state index in [1.165, 1.54) is 20.4 Å². The highest BCUT2D eigenvalue weighted by atomic mass is 35.5. The zero-order chi connectivity index (χ0) is 25.9. The van der Waals surface area contributed by atoms with E-state index in [0.29, 0.717) is 29.9 Å². The van der Waals surface area contributed by atoms with Gasteiger partial charge < -0.3 is 20.5 Å². The van der Waals surface area contributed by atoms with E-state index in [1.54, 1.807) is 23.6 Å². The first-order valence-electron chi connectivity index (χ1n) is 11.0. The second-order valence-corrected chi connectivity index (χ2v) is 11.2. The van der Waals surface area contributed by atoms with Gasteiger partial charge in [0.25, 0.3) is 10.0 Å². The van der Waals surface area contributed by atoms with Gasteiger partial charge in [-0.05, 0) is 37.1 Å². The molecule has 1 aromatic heterocycles. The normalized spacial score (nSPS) is 17.6. The van der Waals surface area contributed by atoms with Gasteiger partial charge in [-0.3, -0.25) is 0 Å². The molecule has 3 aromatic rings. The number of benzene rings is 2. The molecular weight excluding hydrogens is 527 g/mol. The number of anilines is 2. The average molecular weight is 553 g/mol. The number of sulfonamides is 1. The average Bonchev–Trinajstić information content (AvgIpc) is 3.40. The third kappa shape index (κ3) is 5.44. The Morgan fingerprint density at radius 1 is 1.22 bits per heavy atom. The van der Waals surface area contributed by atoms with Gasteiger partial charge in [0.2, 0.25) is 0 Å². The Bertz CT molecular complexity index is 1350. The van der Waals surface area contributed by atoms with Crippen LogP contribution in [0.3, 0.4) is 0 Å². The Kier molecular flexibility index (Phi) is 8.04. The van der Waals surface area contributed by atoms with Gasteiger partial charge in [-0.25, -0.2) is 22.1 Å². The number of aromatic nitrogens is 1. The smallest absolute Gasteiger partial charge is 0.269 e. The SMILES string of the molecule is COc1ccc(CN(c2nccs2)S(=O)(=O)c2cc(Cl)c(NC3CC=CC[C@@H]3N)cc2F)c(OC)c1. The minimum Gasteiger partial charge on any atom is -0.497 e. The van der Waals surface area contributed by atoms with Crippen molar-refractivity contribution in [2.24, 2.45) is 5.73 Å². The zero-order valence-electron chi connectivity index (χ0n) is 19.6. The molecule has 0 fully saturated rings. The van der Waals surface area contributed by atoms with E-state index in [2.05, 4.69) is 10.3 Å². The molecule has 2 aromatic carbocycles. The third-order valence-corrected chi connectivity index (χ3v) is 8.83. The van der Waals surface area contributed by atoms with Crippen LogP contribution in [0.2, 0.25) is 5.02 Å². The molecule has 0 saturated heterocycles. The quantitative estimate of drug-likeness (QED) is 0.367. The summed E-state index contributed by atoms with van der Waals surface area (Å²) in [6.45, 7) is -0.149. The number of rotatable bonds is 9. The highest BCUT2D eigenvalue weighted by Gasteiger charge is 2.32. The number of nitrogens with one attached hydrogen (secondary N) is 1. The van der Waals surface area contributed by atoms with E-state index in [4.69, 9.17) is 26.8 Å². The van der Waals surface area contributed by atoms with Gasteiger partial charge in [-0.2, -0.15) is 0 Å². The molecule has 36 heavy (non-hydrogen) atoms. The van der Waals surface area contributed by atoms with Gasteiger partial charge in [-0.15, -0.1) is 11.3 Å². The second kappa shape index (κ2) is 11.0. The van der Waals surface area contributed by atoms with Crippen molar-refractivity contribution in [2.45, 2.75) is 36.4 Å². The molecule has 0 saturated carbocycles. The summed E-state index contributed by atoms with van der Waals surface area (Å²) < 4.78 is 54.6. The van der Waals surface area contributed by atoms with Gasteiger partial charge in [0.05, 0.1) is 31.5 Å². The van der Waals surface area contributed by atoms with Crippen molar-refractivity contribution in [2.75, 3.05) is 23.8 Å². The number of ether oxygens (including phenoxy) is 2. The molecule has 1 unspecified atom stereocenters. The summed E-state index contributed by atoms with van der Waals surface area (Å²) in [5.74, 6) is 0.0282. The summed E-state index contributed by atoms with van der Waals surface area (Å²) in [5, 5.41) is 5.03. The van der Waals surface area contributed by atoms with E-state index in [0.717, 1.165) is 27.8 Å². The minimum atomic E-state index is -4.41. The monoisotopic (exact) mass is 552 g/mol. The Labute approximate surface area is 218 Å². The van der Waals surface area contributed by atoms with E-state index in [1.807, 2.05) is 12.2 Å². The van der Waals surface area contributed by atoms with E-state index >= 15 is 4.39 Å². The van der Waals surface area contributed by atoms with E-state index in [-0.39, 0.29) is 34.5 Å². The summed E-state index contributed by atoms with van der Waals surface area (Å²) in [4.78, 5) is 3.60. The predicted molar refractivity (Wildman–Crippen MR) is 140 cm³/mol. The van der Waals surface area contributed by atoms with Crippen molar-refractivity contribution in [3.63, 3.8) is 0 Å². The van der Waals surface area contributed by atoms with Gasteiger partial charge in [0.15, 0.2) is 5.13 Å². The maximum atomic E-state index is 15.4. The summed E-state index contributed by atoms with van der Waals surface area (Å²) in [5.41, 5.74) is 6.97. The van der Waals surface area contributed by atoms with Crippen molar-refractivity contribution in [3.8, 4) is 11.5 Å². The lowest BCUT2D eigenvalue weighted by atomic mass is 9.96. The van der Waals surface area contributed by atoms with Crippen molar-refractivity contribution < 1.29 is 22.3 Å². The molecule has 4 rings (SSSR count). The molecular formula is C24H26ClFN4O4S2. The minimum absolute atomic E-state index is 0.0674. The molecule has 0 bridgehead atoms. The number of halogens is 2. The first-order chi connectivity index (χ1) is 17.2. The molecule has 192 valence electrons. The third-order valence-electron chi connectivity index (χ3n) is 5.85. The van der Waals surface area contributed by atoms with Crippen LogP contribution < -0.4 is 24.8 Å². The number of methoxy groups -OCH3 is 2. The highest BCUT2D eigenvalue weighted by Crippen LogP contribution is 2.35. The van der Waals surface area contributed by atoms with Gasteiger partial charge in [0.1, 0.15) is 22.2 Å². The van der Waals surface area contributed by atoms with E-state index in [9.17, 15) is 8.42 Å². The van der Waals surface area contributed by atoms with E-state index < -0.39 is 20.7 Å². The highest BCUT2D eigenvalue weighted by molar-refractivity contribution is 7.93. The van der Waals surface area contributed by atoms with Crippen LogP contribution in [0.5, 0.6) is 11.5 Å². The molecule has 3 N–H and O–H groups in total. The molecule has 1 heterocycles. The molecule has 0 spiro atoms. The summed E-state index contributed by atoms with van der Waals surface area (Å²) >= 11 is 7.54. The van der Waals surface area contributed by atoms with Crippen LogP contribution in [0, 0.1) is 5.82 Å². The van der Waals surface area contributed by atoms with Crippen LogP contribution in [0.25, 0.3) is 0 Å². The van der Waals surface area contributed by atoms with Crippen molar-refractivity contribution in [1.82, 2.24) is 4.98 Å². The fraction of sp³-hybridized carbons (Fsp3) is 0.292. The first kappa shape index (κ1) is 26.2. The van der Waals surface area contributed by atoms with Crippen molar-refractivity contribution >= 4 is 43.8 Å². The number of hydrogen-bond acceptors (Lipinski definition) is 8. The van der Waals surface area contributed by atoms with Gasteiger partial charge in [-0.1, -0.05) is 23.8 Å². The van der Waals surface area contributed by atoms with Crippen LogP contribution in [-0.4, -0.2) is 39.7 Å². The lowest BCUT2D eigenvalue weighted by molar-refractivity contribution is 0.391. The molecule has 0 amide bonds. The summed E-state index contributed by atoms with van der Waals surface area (Å²) in [7, 11) is -1.42. The summed E-state index contributed by atoms with van der Waals surface area (Å²) in [6, 6.07) is 6.91. The standard InChI is InChI=1S/C24H26ClFN4O4S2/c1-33-16-8-7-15(22(11-16)34-2)14-30(24-28-9-10-35-24)36(31,32)23-12-17(25)21(13-18(23)26)29-20-6-4-3-5-19(20)27/h3-4,7-13,19-20,29H,5-6,14,27H2,1-2H3/t19-,20?/m0/s1. The van der Waals surface area contributed by atoms with Crippen molar-refractivity contribution in [3.05, 3.63) is 70.5 Å². The molecule has 2 atom stereocenters. The number of thiazole rings is 1. The Morgan fingerprint density at radius 3 is 2.67 bits per heavy atom. The fourth-order valence-corrected chi connectivity index (χ4v) is 6.51. The van der Waals surface area contributed by atoms with Crippen LogP contribution >= 0.6 is 22.9 Å². The number of hydrogen-bond donors (Lipinski definition) is 2. The lowest BCUT2D eigenvalue weighted by Crippen LogP contribution is -2.41. The molecule has 1 aliphatic rings. The molecule has 12 heteroatoms. The molecule has 1 aliphatic carbocycles. The Hall–Kier alpha value is -2.86. The predicted octanol–water partition coefficient (Wildman–Crippen LogP) is 4.81. The molecule has 0 aliphatic heterocycles. The number of nitrogens with two attached hydrogens (primary N) is 1. The van der Waals surface area contributed by atoms with Gasteiger partial charge in [0, 0.05) is 35.3 Å². The Balaban J connectivity index is 1.70. The van der Waals surface area contributed by atoms with Gasteiger partial charge >= 0.3 is 0 Å². The zero-order valence-corrected chi connectivity index (χ0v) is 22.0. The van der Waals surface area contributed by atoms with Crippen LogP contribution in [0.15, 0.2) is 59.0 Å². The largest absolute Gasteiger partial charge is 0.497 e. The fourth-order valence-electron chi connectivity index (χ4n) is 3.89. The Morgan fingerprint density at radius 2 is 2.00 bits per heavy atom. The lowest BCUT2D eigenvalue weighted by Gasteiger charge is -2.28. The second-order valence-electron chi connectivity index (χ2n) is 8.12. The van der Waals surface area contributed by atoms with Crippen LogP contribution in [0.4, 0.5) is 15.2 Å². The number of nitrogens with zero attached hydrogens (tertiary/aromatic N) is 2. The molecule has 8 nitrogen and oxygen atoms in total. The van der Waals surface area contributed by atoms with Crippen LogP contribution in [0.1, 0.15) is 18.4 Å².